The first-order valence-corrected chi connectivity index (χ1v) is 7.97. The highest BCUT2D eigenvalue weighted by Crippen LogP contribution is 2.22. The van der Waals surface area contributed by atoms with Gasteiger partial charge in [-0.2, -0.15) is 5.10 Å². The maximum absolute atomic E-state index is 12.4. The van der Waals surface area contributed by atoms with Crippen LogP contribution in [0.15, 0.2) is 40.8 Å². The molecule has 0 aliphatic carbocycles. The fourth-order valence-electron chi connectivity index (χ4n) is 2.49. The highest BCUT2D eigenvalue weighted by molar-refractivity contribution is 6.28. The van der Waals surface area contributed by atoms with Crippen LogP contribution >= 0.6 is 0 Å². The molecule has 0 atom stereocenters. The first-order valence-electron chi connectivity index (χ1n) is 7.97. The first-order chi connectivity index (χ1) is 11.5. The SMILES string of the molecule is CCCC/C(NCc1ccccn1)=C1/C(=O)N(C)N=C1CC(=O)O. The normalized spacial score (nSPS) is 16.2. The standard InChI is InChI=1S/C17H22N4O3/c1-3-4-8-13(19-11-12-7-5-6-9-18-12)16-14(10-15(22)23)20-21(2)17(16)24/h5-7,9,19H,3-4,8,10-11H2,1-2H3,(H,22,23)/b16-13-. The Bertz CT molecular complexity index is 668. The van der Waals surface area contributed by atoms with Crippen molar-refractivity contribution in [3.05, 3.63) is 41.4 Å². The third-order valence-corrected chi connectivity index (χ3v) is 3.68. The molecule has 1 amide bonds. The molecule has 2 heterocycles. The van der Waals surface area contributed by atoms with Gasteiger partial charge in [-0.1, -0.05) is 19.4 Å². The van der Waals surface area contributed by atoms with E-state index in [1.54, 1.807) is 6.20 Å². The summed E-state index contributed by atoms with van der Waals surface area (Å²) in [6.07, 6.45) is 3.97. The second-order valence-electron chi connectivity index (χ2n) is 5.58. The largest absolute Gasteiger partial charge is 0.481 e. The van der Waals surface area contributed by atoms with Gasteiger partial charge in [-0.15, -0.1) is 0 Å². The van der Waals surface area contributed by atoms with E-state index in [4.69, 9.17) is 5.11 Å². The molecule has 0 aromatic carbocycles. The molecule has 7 nitrogen and oxygen atoms in total. The molecule has 0 unspecified atom stereocenters. The van der Waals surface area contributed by atoms with Crippen molar-refractivity contribution in [1.82, 2.24) is 15.3 Å². The number of aromatic nitrogens is 1. The van der Waals surface area contributed by atoms with E-state index in [1.165, 1.54) is 12.1 Å². The molecule has 1 aliphatic heterocycles. The van der Waals surface area contributed by atoms with Crippen LogP contribution in [-0.2, 0) is 16.1 Å². The van der Waals surface area contributed by atoms with Gasteiger partial charge in [-0.25, -0.2) is 5.01 Å². The Morgan fingerprint density at radius 1 is 1.38 bits per heavy atom. The Morgan fingerprint density at radius 2 is 2.17 bits per heavy atom. The van der Waals surface area contributed by atoms with Crippen LogP contribution < -0.4 is 5.32 Å². The van der Waals surface area contributed by atoms with Crippen LogP contribution in [0, 0.1) is 0 Å². The number of amides is 1. The number of hydrogen-bond donors (Lipinski definition) is 2. The van der Waals surface area contributed by atoms with Crippen molar-refractivity contribution in [2.45, 2.75) is 39.2 Å². The number of aliphatic carboxylic acids is 1. The van der Waals surface area contributed by atoms with Crippen molar-refractivity contribution in [2.24, 2.45) is 5.10 Å². The van der Waals surface area contributed by atoms with Gasteiger partial charge in [-0.3, -0.25) is 14.6 Å². The minimum absolute atomic E-state index is 0.272. The number of likely N-dealkylation sites (N-methyl/N-ethyl adjacent to an activating group) is 1. The molecule has 7 heteroatoms. The maximum Gasteiger partial charge on any atom is 0.309 e. The minimum atomic E-state index is -1.01. The molecular formula is C17H22N4O3. The van der Waals surface area contributed by atoms with Crippen LogP contribution in [0.3, 0.4) is 0 Å². The molecule has 0 bridgehead atoms. The molecular weight excluding hydrogens is 308 g/mol. The number of hydrogen-bond acceptors (Lipinski definition) is 5. The van der Waals surface area contributed by atoms with Crippen molar-refractivity contribution in [3.63, 3.8) is 0 Å². The van der Waals surface area contributed by atoms with E-state index in [9.17, 15) is 9.59 Å². The summed E-state index contributed by atoms with van der Waals surface area (Å²) in [5.74, 6) is -1.28. The molecule has 1 aromatic heterocycles. The fraction of sp³-hybridized carbons (Fsp3) is 0.412. The average Bonchev–Trinajstić information content (AvgIpc) is 2.82. The van der Waals surface area contributed by atoms with Crippen molar-refractivity contribution in [2.75, 3.05) is 7.05 Å². The Morgan fingerprint density at radius 3 is 2.79 bits per heavy atom. The Kier molecular flexibility index (Phi) is 6.06. The van der Waals surface area contributed by atoms with Crippen molar-refractivity contribution in [1.29, 1.82) is 0 Å². The predicted molar refractivity (Wildman–Crippen MR) is 90.1 cm³/mol. The van der Waals surface area contributed by atoms with Gasteiger partial charge in [0.2, 0.25) is 0 Å². The summed E-state index contributed by atoms with van der Waals surface area (Å²) in [7, 11) is 1.54. The Balaban J connectivity index is 2.28. The molecule has 0 radical (unpaired) electrons. The van der Waals surface area contributed by atoms with E-state index < -0.39 is 5.97 Å². The van der Waals surface area contributed by atoms with E-state index in [1.807, 2.05) is 18.2 Å². The monoisotopic (exact) mass is 330 g/mol. The van der Waals surface area contributed by atoms with Crippen LogP contribution in [0.1, 0.15) is 38.3 Å². The first kappa shape index (κ1) is 17.7. The van der Waals surface area contributed by atoms with E-state index in [0.29, 0.717) is 24.3 Å². The van der Waals surface area contributed by atoms with Crippen LogP contribution in [0.5, 0.6) is 0 Å². The molecule has 1 aliphatic rings. The molecule has 0 fully saturated rings. The number of carbonyl (C=O) groups excluding carboxylic acids is 1. The number of carboxylic acid groups (broad SMARTS) is 1. The lowest BCUT2D eigenvalue weighted by molar-refractivity contribution is -0.135. The summed E-state index contributed by atoms with van der Waals surface area (Å²) in [6, 6.07) is 5.63. The summed E-state index contributed by atoms with van der Waals surface area (Å²) in [5, 5.41) is 17.6. The van der Waals surface area contributed by atoms with E-state index in [-0.39, 0.29) is 12.3 Å². The number of pyridine rings is 1. The zero-order valence-electron chi connectivity index (χ0n) is 14.0. The highest BCUT2D eigenvalue weighted by atomic mass is 16.4. The fourth-order valence-corrected chi connectivity index (χ4v) is 2.49. The number of carboxylic acids is 1. The number of hydrazone groups is 1. The zero-order chi connectivity index (χ0) is 17.5. The van der Waals surface area contributed by atoms with Gasteiger partial charge in [0.1, 0.15) is 0 Å². The van der Waals surface area contributed by atoms with Gasteiger partial charge in [0.15, 0.2) is 0 Å². The van der Waals surface area contributed by atoms with Crippen LogP contribution in [-0.4, -0.2) is 39.7 Å². The lowest BCUT2D eigenvalue weighted by Gasteiger charge is -2.14. The van der Waals surface area contributed by atoms with Crippen LogP contribution in [0.25, 0.3) is 0 Å². The summed E-state index contributed by atoms with van der Waals surface area (Å²) in [5.41, 5.74) is 2.26. The molecule has 128 valence electrons. The molecule has 24 heavy (non-hydrogen) atoms. The summed E-state index contributed by atoms with van der Waals surface area (Å²) < 4.78 is 0. The smallest absolute Gasteiger partial charge is 0.309 e. The quantitative estimate of drug-likeness (QED) is 0.710. The van der Waals surface area contributed by atoms with Gasteiger partial charge < -0.3 is 10.4 Å². The van der Waals surface area contributed by atoms with Gasteiger partial charge in [0, 0.05) is 18.9 Å². The number of nitrogens with zero attached hydrogens (tertiary/aromatic N) is 3. The summed E-state index contributed by atoms with van der Waals surface area (Å²) >= 11 is 0. The average molecular weight is 330 g/mol. The minimum Gasteiger partial charge on any atom is -0.481 e. The van der Waals surface area contributed by atoms with E-state index >= 15 is 0 Å². The number of nitrogens with one attached hydrogen (secondary N) is 1. The Hall–Kier alpha value is -2.70. The second kappa shape index (κ2) is 8.24. The number of unbranched alkanes of at least 4 members (excludes halogenated alkanes) is 1. The van der Waals surface area contributed by atoms with Gasteiger partial charge in [0.05, 0.1) is 29.9 Å². The molecule has 1 aromatic rings. The highest BCUT2D eigenvalue weighted by Gasteiger charge is 2.31. The van der Waals surface area contributed by atoms with Crippen molar-refractivity contribution >= 4 is 17.6 Å². The zero-order valence-corrected chi connectivity index (χ0v) is 14.0. The lowest BCUT2D eigenvalue weighted by Crippen LogP contribution is -2.25. The molecule has 0 spiro atoms. The lowest BCUT2D eigenvalue weighted by atomic mass is 10.0. The number of rotatable bonds is 8. The molecule has 2 N–H and O–H groups in total. The molecule has 0 saturated heterocycles. The van der Waals surface area contributed by atoms with Crippen LogP contribution in [0.4, 0.5) is 0 Å². The van der Waals surface area contributed by atoms with Crippen molar-refractivity contribution in [3.8, 4) is 0 Å². The predicted octanol–water partition coefficient (Wildman–Crippen LogP) is 1.92. The number of carbonyl (C=O) groups is 2. The van der Waals surface area contributed by atoms with E-state index in [2.05, 4.69) is 22.3 Å². The van der Waals surface area contributed by atoms with Gasteiger partial charge >= 0.3 is 5.97 Å². The second-order valence-corrected chi connectivity index (χ2v) is 5.58. The third kappa shape index (κ3) is 4.41. The van der Waals surface area contributed by atoms with Crippen LogP contribution in [0.2, 0.25) is 0 Å². The summed E-state index contributed by atoms with van der Waals surface area (Å²) in [6.45, 7) is 2.54. The number of allylic oxidation sites excluding steroid dienone is 1. The van der Waals surface area contributed by atoms with E-state index in [0.717, 1.165) is 24.2 Å². The van der Waals surface area contributed by atoms with Gasteiger partial charge in [0.25, 0.3) is 5.91 Å². The maximum atomic E-state index is 12.4. The summed E-state index contributed by atoms with van der Waals surface area (Å²) in [4.78, 5) is 27.7. The Labute approximate surface area is 141 Å². The molecule has 0 saturated carbocycles. The van der Waals surface area contributed by atoms with Gasteiger partial charge in [-0.05, 0) is 25.0 Å². The third-order valence-electron chi connectivity index (χ3n) is 3.68. The van der Waals surface area contributed by atoms with Crippen molar-refractivity contribution < 1.29 is 14.7 Å². The topological polar surface area (TPSA) is 94.9 Å². The molecule has 2 rings (SSSR count).